The minimum atomic E-state index is -3.55. The Kier molecular flexibility index (Phi) is 7.98. The maximum atomic E-state index is 12.0. The minimum Gasteiger partial charge on any atom is -0.353 e. The molecule has 0 aromatic heterocycles. The molecule has 2 unspecified atom stereocenters. The summed E-state index contributed by atoms with van der Waals surface area (Å²) in [6.45, 7) is 0.661. The molecule has 1 aromatic carbocycles. The fraction of sp³-hybridized carbons (Fsp3) is 0.533. The van der Waals surface area contributed by atoms with Crippen molar-refractivity contribution in [3.63, 3.8) is 0 Å². The van der Waals surface area contributed by atoms with Crippen LogP contribution in [0.3, 0.4) is 0 Å². The van der Waals surface area contributed by atoms with Gasteiger partial charge >= 0.3 is 0 Å². The first kappa shape index (κ1) is 19.9. The van der Waals surface area contributed by atoms with Gasteiger partial charge in [-0.3, -0.25) is 4.79 Å². The van der Waals surface area contributed by atoms with E-state index in [0.717, 1.165) is 19.3 Å². The summed E-state index contributed by atoms with van der Waals surface area (Å²) in [7, 11) is -3.55. The number of hydrogen-bond acceptors (Lipinski definition) is 4. The largest absolute Gasteiger partial charge is 0.353 e. The van der Waals surface area contributed by atoms with Gasteiger partial charge in [0.1, 0.15) is 0 Å². The highest BCUT2D eigenvalue weighted by molar-refractivity contribution is 7.89. The van der Waals surface area contributed by atoms with Crippen LogP contribution in [0.2, 0.25) is 0 Å². The lowest BCUT2D eigenvalue weighted by Gasteiger charge is -2.19. The molecule has 4 N–H and O–H groups in total. The Morgan fingerprint density at radius 2 is 1.91 bits per heavy atom. The van der Waals surface area contributed by atoms with Gasteiger partial charge in [-0.1, -0.05) is 24.6 Å². The van der Waals surface area contributed by atoms with Crippen LogP contribution >= 0.6 is 12.4 Å². The average Bonchev–Trinajstić information content (AvgIpc) is 2.95. The molecule has 0 bridgehead atoms. The van der Waals surface area contributed by atoms with Gasteiger partial charge in [-0.15, -0.1) is 12.4 Å². The molecule has 2 atom stereocenters. The van der Waals surface area contributed by atoms with Crippen LogP contribution in [0.5, 0.6) is 0 Å². The van der Waals surface area contributed by atoms with E-state index in [0.29, 0.717) is 12.5 Å². The van der Waals surface area contributed by atoms with Crippen molar-refractivity contribution >= 4 is 28.3 Å². The van der Waals surface area contributed by atoms with E-state index in [-0.39, 0.29) is 42.2 Å². The molecule has 130 valence electrons. The number of carbonyl (C=O) groups excluding carboxylic acids is 1. The third-order valence-corrected chi connectivity index (χ3v) is 5.48. The summed E-state index contributed by atoms with van der Waals surface area (Å²) in [5.41, 5.74) is 5.68. The van der Waals surface area contributed by atoms with E-state index in [1.165, 1.54) is 12.1 Å². The molecule has 0 spiro atoms. The minimum absolute atomic E-state index is 0. The molecule has 1 saturated carbocycles. The van der Waals surface area contributed by atoms with E-state index in [9.17, 15) is 13.2 Å². The van der Waals surface area contributed by atoms with Crippen molar-refractivity contribution in [3.8, 4) is 0 Å². The van der Waals surface area contributed by atoms with Crippen LogP contribution in [0.1, 0.15) is 25.7 Å². The Labute approximate surface area is 143 Å². The van der Waals surface area contributed by atoms with Crippen molar-refractivity contribution < 1.29 is 13.2 Å². The smallest absolute Gasteiger partial charge is 0.240 e. The van der Waals surface area contributed by atoms with Crippen LogP contribution < -0.4 is 15.8 Å². The first-order valence-corrected chi connectivity index (χ1v) is 9.05. The third-order valence-electron chi connectivity index (χ3n) is 4.01. The number of amides is 1. The quantitative estimate of drug-likeness (QED) is 0.674. The van der Waals surface area contributed by atoms with Gasteiger partial charge in [0.2, 0.25) is 15.9 Å². The van der Waals surface area contributed by atoms with E-state index in [1.54, 1.807) is 18.2 Å². The van der Waals surface area contributed by atoms with Gasteiger partial charge in [0.15, 0.2) is 0 Å². The molecule has 0 aliphatic heterocycles. The molecule has 8 heteroatoms. The molecule has 23 heavy (non-hydrogen) atoms. The standard InChI is InChI=1S/C15H23N3O3S.ClH/c16-11-12-5-4-8-14(12)18-15(19)9-10-17-22(20,21)13-6-2-1-3-7-13;/h1-3,6-7,12,14,17H,4-5,8-11,16H2,(H,18,19);1H. The second-order valence-electron chi connectivity index (χ2n) is 5.56. The first-order chi connectivity index (χ1) is 10.5. The summed E-state index contributed by atoms with van der Waals surface area (Å²) in [5, 5.41) is 2.95. The third kappa shape index (κ3) is 5.76. The predicted octanol–water partition coefficient (Wildman–Crippen LogP) is 1.02. The molecule has 1 aliphatic rings. The maximum Gasteiger partial charge on any atom is 0.240 e. The lowest BCUT2D eigenvalue weighted by molar-refractivity contribution is -0.121. The van der Waals surface area contributed by atoms with Crippen LogP contribution in [0.4, 0.5) is 0 Å². The summed E-state index contributed by atoms with van der Waals surface area (Å²) in [4.78, 5) is 12.1. The molecular formula is C15H24ClN3O3S. The van der Waals surface area contributed by atoms with E-state index in [4.69, 9.17) is 5.73 Å². The lowest BCUT2D eigenvalue weighted by Crippen LogP contribution is -2.41. The highest BCUT2D eigenvalue weighted by Crippen LogP contribution is 2.24. The summed E-state index contributed by atoms with van der Waals surface area (Å²) < 4.78 is 26.4. The van der Waals surface area contributed by atoms with Crippen molar-refractivity contribution in [2.24, 2.45) is 11.7 Å². The van der Waals surface area contributed by atoms with Crippen LogP contribution in [0.25, 0.3) is 0 Å². The highest BCUT2D eigenvalue weighted by Gasteiger charge is 2.27. The zero-order valence-electron chi connectivity index (χ0n) is 12.9. The van der Waals surface area contributed by atoms with Crippen molar-refractivity contribution in [2.75, 3.05) is 13.1 Å². The average molecular weight is 362 g/mol. The summed E-state index contributed by atoms with van der Waals surface area (Å²) in [6, 6.07) is 8.24. The number of hydrogen-bond donors (Lipinski definition) is 3. The number of carbonyl (C=O) groups is 1. The molecule has 1 aliphatic carbocycles. The first-order valence-electron chi connectivity index (χ1n) is 7.57. The van der Waals surface area contributed by atoms with Crippen molar-refractivity contribution in [1.29, 1.82) is 0 Å². The number of halogens is 1. The van der Waals surface area contributed by atoms with Gasteiger partial charge in [0, 0.05) is 19.0 Å². The van der Waals surface area contributed by atoms with Gasteiger partial charge in [-0.05, 0) is 37.4 Å². The summed E-state index contributed by atoms with van der Waals surface area (Å²) in [5.74, 6) is 0.200. The normalized spacial score (nSPS) is 20.7. The molecule has 1 amide bonds. The lowest BCUT2D eigenvalue weighted by atomic mass is 10.0. The van der Waals surface area contributed by atoms with Gasteiger partial charge in [-0.2, -0.15) is 0 Å². The molecule has 2 rings (SSSR count). The van der Waals surface area contributed by atoms with Crippen LogP contribution in [-0.4, -0.2) is 33.5 Å². The molecule has 0 saturated heterocycles. The fourth-order valence-electron chi connectivity index (χ4n) is 2.77. The van der Waals surface area contributed by atoms with Gasteiger partial charge in [-0.25, -0.2) is 13.1 Å². The van der Waals surface area contributed by atoms with E-state index in [1.807, 2.05) is 0 Å². The molecule has 0 heterocycles. The zero-order chi connectivity index (χ0) is 16.0. The Hall–Kier alpha value is -1.15. The van der Waals surface area contributed by atoms with Crippen LogP contribution in [0, 0.1) is 5.92 Å². The number of sulfonamides is 1. The monoisotopic (exact) mass is 361 g/mol. The number of rotatable bonds is 7. The Bertz CT molecular complexity index is 595. The summed E-state index contributed by atoms with van der Waals surface area (Å²) in [6.07, 6.45) is 3.19. The fourth-order valence-corrected chi connectivity index (χ4v) is 3.82. The Balaban J connectivity index is 0.00000264. The summed E-state index contributed by atoms with van der Waals surface area (Å²) >= 11 is 0. The van der Waals surface area contributed by atoms with Crippen LogP contribution in [-0.2, 0) is 14.8 Å². The molecule has 0 radical (unpaired) electrons. The molecular weight excluding hydrogens is 338 g/mol. The number of nitrogens with two attached hydrogens (primary N) is 1. The zero-order valence-corrected chi connectivity index (χ0v) is 14.5. The Morgan fingerprint density at radius 1 is 1.22 bits per heavy atom. The van der Waals surface area contributed by atoms with Crippen molar-refractivity contribution in [3.05, 3.63) is 30.3 Å². The van der Waals surface area contributed by atoms with E-state index in [2.05, 4.69) is 10.0 Å². The number of nitrogens with one attached hydrogen (secondary N) is 2. The van der Waals surface area contributed by atoms with Crippen molar-refractivity contribution in [1.82, 2.24) is 10.0 Å². The predicted molar refractivity (Wildman–Crippen MR) is 91.8 cm³/mol. The highest BCUT2D eigenvalue weighted by atomic mass is 35.5. The SMILES string of the molecule is Cl.NCC1CCCC1NC(=O)CCNS(=O)(=O)c1ccccc1. The van der Waals surface area contributed by atoms with E-state index < -0.39 is 10.0 Å². The Morgan fingerprint density at radius 3 is 2.57 bits per heavy atom. The van der Waals surface area contributed by atoms with Gasteiger partial charge in [0.05, 0.1) is 4.90 Å². The molecule has 1 fully saturated rings. The van der Waals surface area contributed by atoms with E-state index >= 15 is 0 Å². The second kappa shape index (κ2) is 9.22. The van der Waals surface area contributed by atoms with Gasteiger partial charge < -0.3 is 11.1 Å². The van der Waals surface area contributed by atoms with Crippen LogP contribution in [0.15, 0.2) is 35.2 Å². The molecule has 1 aromatic rings. The molecule has 6 nitrogen and oxygen atoms in total. The van der Waals surface area contributed by atoms with Gasteiger partial charge in [0.25, 0.3) is 0 Å². The van der Waals surface area contributed by atoms with Crippen molar-refractivity contribution in [2.45, 2.75) is 36.6 Å². The number of benzene rings is 1. The maximum absolute atomic E-state index is 12.0. The second-order valence-corrected chi connectivity index (χ2v) is 7.33. The topological polar surface area (TPSA) is 101 Å².